The van der Waals surface area contributed by atoms with Crippen LogP contribution in [-0.4, -0.2) is 51.1 Å². The molecule has 2 rings (SSSR count). The molecule has 1 atom stereocenters. The average molecular weight is 290 g/mol. The number of benzene rings is 1. The van der Waals surface area contributed by atoms with Crippen molar-refractivity contribution in [2.24, 2.45) is 0 Å². The molecule has 0 aliphatic carbocycles. The summed E-state index contributed by atoms with van der Waals surface area (Å²) in [4.78, 5) is 25.0. The van der Waals surface area contributed by atoms with Crippen LogP contribution in [0.2, 0.25) is 0 Å². The van der Waals surface area contributed by atoms with Gasteiger partial charge in [0.05, 0.1) is 6.54 Å². The summed E-state index contributed by atoms with van der Waals surface area (Å²) in [5, 5.41) is 8.48. The fourth-order valence-electron chi connectivity index (χ4n) is 2.21. The quantitative estimate of drug-likeness (QED) is 0.630. The van der Waals surface area contributed by atoms with E-state index >= 15 is 0 Å². The minimum atomic E-state index is -0.324. The summed E-state index contributed by atoms with van der Waals surface area (Å²) < 4.78 is 0. The van der Waals surface area contributed by atoms with Crippen molar-refractivity contribution in [3.63, 3.8) is 0 Å². The van der Waals surface area contributed by atoms with Crippen molar-refractivity contribution in [3.8, 4) is 0 Å². The highest BCUT2D eigenvalue weighted by Gasteiger charge is 2.22. The summed E-state index contributed by atoms with van der Waals surface area (Å²) in [6.45, 7) is 2.06. The first kappa shape index (κ1) is 15.3. The number of rotatable bonds is 6. The molecule has 114 valence electrons. The lowest BCUT2D eigenvalue weighted by Crippen LogP contribution is -2.58. The maximum atomic E-state index is 11.9. The number of anilines is 1. The van der Waals surface area contributed by atoms with Gasteiger partial charge in [0.1, 0.15) is 6.04 Å². The highest BCUT2D eigenvalue weighted by atomic mass is 16.2. The highest BCUT2D eigenvalue weighted by Crippen LogP contribution is 2.10. The van der Waals surface area contributed by atoms with E-state index in [1.165, 1.54) is 5.69 Å². The summed E-state index contributed by atoms with van der Waals surface area (Å²) in [5.41, 5.74) is 1.17. The molecule has 2 amide bonds. The van der Waals surface area contributed by atoms with Gasteiger partial charge in [0.15, 0.2) is 0 Å². The molecule has 6 nitrogen and oxygen atoms in total. The lowest BCUT2D eigenvalue weighted by atomic mass is 10.2. The normalized spacial score (nSPS) is 18.0. The van der Waals surface area contributed by atoms with E-state index in [1.54, 1.807) is 0 Å². The maximum Gasteiger partial charge on any atom is 0.238 e. The Labute approximate surface area is 124 Å². The van der Waals surface area contributed by atoms with Crippen molar-refractivity contribution in [1.29, 1.82) is 0 Å². The Bertz CT molecular complexity index is 468. The topological polar surface area (TPSA) is 73.5 Å². The number of nitrogens with one attached hydrogen (secondary N) is 3. The van der Waals surface area contributed by atoms with Crippen molar-refractivity contribution < 1.29 is 9.59 Å². The van der Waals surface area contributed by atoms with E-state index in [2.05, 4.69) is 33.0 Å². The number of carbonyl (C=O) groups excluding carboxylic acids is 2. The lowest BCUT2D eigenvalue weighted by Gasteiger charge is -2.23. The standard InChI is InChI=1S/C15H22N4O2/c1-19(12-6-3-2-4-7-12)9-5-8-16-15(21)13-10-18-14(20)11-17-13/h2-4,6-7,13,17H,5,8-11H2,1H3,(H,16,21)(H,18,20). The third-order valence-electron chi connectivity index (χ3n) is 3.50. The maximum absolute atomic E-state index is 11.9. The van der Waals surface area contributed by atoms with Gasteiger partial charge in [-0.15, -0.1) is 0 Å². The molecule has 1 fully saturated rings. The summed E-state index contributed by atoms with van der Waals surface area (Å²) in [6.07, 6.45) is 0.871. The van der Waals surface area contributed by atoms with Crippen LogP contribution in [0.3, 0.4) is 0 Å². The molecule has 3 N–H and O–H groups in total. The van der Waals surface area contributed by atoms with Crippen LogP contribution < -0.4 is 20.9 Å². The van der Waals surface area contributed by atoms with E-state index in [9.17, 15) is 9.59 Å². The Hall–Kier alpha value is -2.08. The van der Waals surface area contributed by atoms with E-state index in [0.29, 0.717) is 13.1 Å². The smallest absolute Gasteiger partial charge is 0.238 e. The van der Waals surface area contributed by atoms with Crippen LogP contribution >= 0.6 is 0 Å². The summed E-state index contributed by atoms with van der Waals surface area (Å²) in [6, 6.07) is 9.82. The minimum Gasteiger partial charge on any atom is -0.375 e. The summed E-state index contributed by atoms with van der Waals surface area (Å²) in [5.74, 6) is -0.124. The van der Waals surface area contributed by atoms with Crippen molar-refractivity contribution in [3.05, 3.63) is 30.3 Å². The van der Waals surface area contributed by atoms with Crippen molar-refractivity contribution in [1.82, 2.24) is 16.0 Å². The van der Waals surface area contributed by atoms with E-state index < -0.39 is 0 Å². The monoisotopic (exact) mass is 290 g/mol. The molecule has 1 aromatic carbocycles. The van der Waals surface area contributed by atoms with Gasteiger partial charge in [-0.1, -0.05) is 18.2 Å². The van der Waals surface area contributed by atoms with Crippen LogP contribution in [0, 0.1) is 0 Å². The number of piperazine rings is 1. The molecule has 0 spiro atoms. The number of hydrogen-bond acceptors (Lipinski definition) is 4. The first-order valence-corrected chi connectivity index (χ1v) is 7.21. The number of nitrogens with zero attached hydrogens (tertiary/aromatic N) is 1. The molecule has 21 heavy (non-hydrogen) atoms. The van der Waals surface area contributed by atoms with Gasteiger partial charge in [0.2, 0.25) is 11.8 Å². The van der Waals surface area contributed by atoms with Crippen LogP contribution in [0.15, 0.2) is 30.3 Å². The molecular weight excluding hydrogens is 268 g/mol. The largest absolute Gasteiger partial charge is 0.375 e. The Kier molecular flexibility index (Phi) is 5.57. The average Bonchev–Trinajstić information content (AvgIpc) is 2.52. The second kappa shape index (κ2) is 7.64. The third-order valence-corrected chi connectivity index (χ3v) is 3.50. The fourth-order valence-corrected chi connectivity index (χ4v) is 2.21. The molecule has 1 unspecified atom stereocenters. The number of para-hydroxylation sites is 1. The second-order valence-corrected chi connectivity index (χ2v) is 5.14. The van der Waals surface area contributed by atoms with Crippen LogP contribution in [-0.2, 0) is 9.59 Å². The molecule has 1 saturated heterocycles. The van der Waals surface area contributed by atoms with Gasteiger partial charge >= 0.3 is 0 Å². The molecule has 6 heteroatoms. The minimum absolute atomic E-state index is 0.0580. The van der Waals surface area contributed by atoms with Gasteiger partial charge in [-0.3, -0.25) is 14.9 Å². The Morgan fingerprint density at radius 1 is 1.38 bits per heavy atom. The van der Waals surface area contributed by atoms with Gasteiger partial charge in [-0.2, -0.15) is 0 Å². The van der Waals surface area contributed by atoms with Gasteiger partial charge in [-0.25, -0.2) is 0 Å². The Balaban J connectivity index is 1.63. The first-order chi connectivity index (χ1) is 10.2. The van der Waals surface area contributed by atoms with E-state index in [-0.39, 0.29) is 24.4 Å². The lowest BCUT2D eigenvalue weighted by molar-refractivity contribution is -0.126. The van der Waals surface area contributed by atoms with Crippen LogP contribution in [0.4, 0.5) is 5.69 Å². The zero-order chi connectivity index (χ0) is 15.1. The zero-order valence-corrected chi connectivity index (χ0v) is 12.3. The van der Waals surface area contributed by atoms with Crippen molar-refractivity contribution in [2.45, 2.75) is 12.5 Å². The number of amides is 2. The molecule has 0 aromatic heterocycles. The van der Waals surface area contributed by atoms with Crippen LogP contribution in [0.5, 0.6) is 0 Å². The first-order valence-electron chi connectivity index (χ1n) is 7.21. The van der Waals surface area contributed by atoms with Gasteiger partial charge < -0.3 is 15.5 Å². The fraction of sp³-hybridized carbons (Fsp3) is 0.467. The molecular formula is C15H22N4O2. The van der Waals surface area contributed by atoms with Gasteiger partial charge in [-0.05, 0) is 18.6 Å². The molecule has 0 bridgehead atoms. The van der Waals surface area contributed by atoms with E-state index in [1.807, 2.05) is 25.2 Å². The molecule has 0 saturated carbocycles. The van der Waals surface area contributed by atoms with Crippen LogP contribution in [0.1, 0.15) is 6.42 Å². The van der Waals surface area contributed by atoms with E-state index in [4.69, 9.17) is 0 Å². The summed E-state index contributed by atoms with van der Waals surface area (Å²) in [7, 11) is 2.04. The molecule has 1 heterocycles. The molecule has 1 aromatic rings. The molecule has 1 aliphatic rings. The van der Waals surface area contributed by atoms with Crippen molar-refractivity contribution in [2.75, 3.05) is 38.1 Å². The number of hydrogen-bond donors (Lipinski definition) is 3. The number of carbonyl (C=O) groups is 2. The Morgan fingerprint density at radius 2 is 2.14 bits per heavy atom. The molecule has 1 aliphatic heterocycles. The molecule has 0 radical (unpaired) electrons. The van der Waals surface area contributed by atoms with E-state index in [0.717, 1.165) is 13.0 Å². The Morgan fingerprint density at radius 3 is 2.81 bits per heavy atom. The zero-order valence-electron chi connectivity index (χ0n) is 12.3. The predicted molar refractivity (Wildman–Crippen MR) is 82.1 cm³/mol. The predicted octanol–water partition coefficient (Wildman–Crippen LogP) is -0.283. The summed E-state index contributed by atoms with van der Waals surface area (Å²) >= 11 is 0. The highest BCUT2D eigenvalue weighted by molar-refractivity contribution is 5.86. The van der Waals surface area contributed by atoms with Crippen molar-refractivity contribution >= 4 is 17.5 Å². The third kappa shape index (κ3) is 4.75. The van der Waals surface area contributed by atoms with Gasteiger partial charge in [0, 0.05) is 32.4 Å². The second-order valence-electron chi connectivity index (χ2n) is 5.14. The SMILES string of the molecule is CN(CCCNC(=O)C1CNC(=O)CN1)c1ccccc1. The van der Waals surface area contributed by atoms with Gasteiger partial charge in [0.25, 0.3) is 0 Å². The van der Waals surface area contributed by atoms with Crippen LogP contribution in [0.25, 0.3) is 0 Å².